The molecule has 1 unspecified atom stereocenters. The molecule has 1 aromatic rings. The molecule has 0 aliphatic heterocycles. The monoisotopic (exact) mass is 165 g/mol. The van der Waals surface area contributed by atoms with Crippen molar-refractivity contribution < 1.29 is 4.74 Å². The van der Waals surface area contributed by atoms with Gasteiger partial charge in [-0.2, -0.15) is 10.4 Å². The van der Waals surface area contributed by atoms with Crippen LogP contribution in [-0.2, 0) is 11.8 Å². The quantitative estimate of drug-likeness (QED) is 0.655. The van der Waals surface area contributed by atoms with E-state index in [1.807, 2.05) is 20.0 Å². The second-order valence-electron chi connectivity index (χ2n) is 2.55. The summed E-state index contributed by atoms with van der Waals surface area (Å²) in [6, 6.07) is 2.05. The van der Waals surface area contributed by atoms with Crippen LogP contribution >= 0.6 is 0 Å². The average Bonchev–Trinajstić information content (AvgIpc) is 2.38. The van der Waals surface area contributed by atoms with Crippen molar-refractivity contribution in [2.45, 2.75) is 13.0 Å². The SMILES string of the molecule is COC(C#N)c1cnn(C)c1C. The van der Waals surface area contributed by atoms with Gasteiger partial charge >= 0.3 is 0 Å². The van der Waals surface area contributed by atoms with E-state index in [1.54, 1.807) is 10.9 Å². The van der Waals surface area contributed by atoms with Crippen LogP contribution in [0.3, 0.4) is 0 Å². The van der Waals surface area contributed by atoms with E-state index < -0.39 is 6.10 Å². The third-order valence-corrected chi connectivity index (χ3v) is 1.91. The molecule has 0 fully saturated rings. The summed E-state index contributed by atoms with van der Waals surface area (Å²) >= 11 is 0. The highest BCUT2D eigenvalue weighted by atomic mass is 16.5. The first-order valence-corrected chi connectivity index (χ1v) is 3.61. The molecule has 0 saturated carbocycles. The maximum absolute atomic E-state index is 8.70. The molecule has 1 aromatic heterocycles. The fourth-order valence-corrected chi connectivity index (χ4v) is 1.02. The van der Waals surface area contributed by atoms with E-state index in [4.69, 9.17) is 10.00 Å². The molecular formula is C8H11N3O. The largest absolute Gasteiger partial charge is 0.362 e. The number of aromatic nitrogens is 2. The van der Waals surface area contributed by atoms with Gasteiger partial charge < -0.3 is 4.74 Å². The smallest absolute Gasteiger partial charge is 0.171 e. The zero-order valence-electron chi connectivity index (χ0n) is 7.40. The van der Waals surface area contributed by atoms with Crippen LogP contribution in [0.25, 0.3) is 0 Å². The fraction of sp³-hybridized carbons (Fsp3) is 0.500. The molecule has 0 radical (unpaired) electrons. The van der Waals surface area contributed by atoms with Crippen molar-refractivity contribution in [2.75, 3.05) is 7.11 Å². The fourth-order valence-electron chi connectivity index (χ4n) is 1.02. The van der Waals surface area contributed by atoms with E-state index in [2.05, 4.69) is 5.10 Å². The number of methoxy groups -OCH3 is 1. The van der Waals surface area contributed by atoms with Crippen LogP contribution < -0.4 is 0 Å². The number of nitriles is 1. The number of hydrogen-bond donors (Lipinski definition) is 0. The lowest BCUT2D eigenvalue weighted by atomic mass is 10.1. The first-order chi connectivity index (χ1) is 5.70. The van der Waals surface area contributed by atoms with Crippen molar-refractivity contribution in [1.29, 1.82) is 5.26 Å². The lowest BCUT2D eigenvalue weighted by molar-refractivity contribution is 0.148. The molecule has 0 saturated heterocycles. The minimum atomic E-state index is -0.501. The predicted octanol–water partition coefficient (Wildman–Crippen LogP) is 0.940. The van der Waals surface area contributed by atoms with Gasteiger partial charge in [-0.3, -0.25) is 4.68 Å². The number of nitrogens with zero attached hydrogens (tertiary/aromatic N) is 3. The maximum Gasteiger partial charge on any atom is 0.171 e. The number of rotatable bonds is 2. The van der Waals surface area contributed by atoms with E-state index in [1.165, 1.54) is 7.11 Å². The second kappa shape index (κ2) is 3.37. The van der Waals surface area contributed by atoms with Gasteiger partial charge in [0.15, 0.2) is 6.10 Å². The van der Waals surface area contributed by atoms with Crippen molar-refractivity contribution in [2.24, 2.45) is 7.05 Å². The summed E-state index contributed by atoms with van der Waals surface area (Å²) in [5, 5.41) is 12.7. The molecule has 64 valence electrons. The van der Waals surface area contributed by atoms with E-state index in [0.717, 1.165) is 11.3 Å². The summed E-state index contributed by atoms with van der Waals surface area (Å²) in [6.07, 6.45) is 1.16. The number of hydrogen-bond acceptors (Lipinski definition) is 3. The van der Waals surface area contributed by atoms with Gasteiger partial charge in [0.1, 0.15) is 0 Å². The third-order valence-electron chi connectivity index (χ3n) is 1.91. The molecule has 0 bridgehead atoms. The molecule has 0 spiro atoms. The highest BCUT2D eigenvalue weighted by molar-refractivity contribution is 5.23. The van der Waals surface area contributed by atoms with Crippen molar-refractivity contribution in [3.63, 3.8) is 0 Å². The van der Waals surface area contributed by atoms with Gasteiger partial charge in [-0.05, 0) is 6.92 Å². The van der Waals surface area contributed by atoms with Crippen LogP contribution in [-0.4, -0.2) is 16.9 Å². The Labute approximate surface area is 71.4 Å². The maximum atomic E-state index is 8.70. The summed E-state index contributed by atoms with van der Waals surface area (Å²) in [4.78, 5) is 0. The molecule has 0 aliphatic rings. The third kappa shape index (κ3) is 1.31. The van der Waals surface area contributed by atoms with Crippen LogP contribution in [0.15, 0.2) is 6.20 Å². The molecule has 0 aromatic carbocycles. The van der Waals surface area contributed by atoms with Crippen LogP contribution in [0.2, 0.25) is 0 Å². The van der Waals surface area contributed by atoms with Crippen LogP contribution in [0.1, 0.15) is 17.4 Å². The van der Waals surface area contributed by atoms with Crippen molar-refractivity contribution >= 4 is 0 Å². The highest BCUT2D eigenvalue weighted by Crippen LogP contribution is 2.18. The topological polar surface area (TPSA) is 50.8 Å². The Morgan fingerprint density at radius 2 is 2.42 bits per heavy atom. The van der Waals surface area contributed by atoms with Crippen molar-refractivity contribution in [3.05, 3.63) is 17.5 Å². The minimum Gasteiger partial charge on any atom is -0.362 e. The van der Waals surface area contributed by atoms with Crippen molar-refractivity contribution in [1.82, 2.24) is 9.78 Å². The standard InChI is InChI=1S/C8H11N3O/c1-6-7(5-10-11(6)2)8(4-9)12-3/h5,8H,1-3H3. The van der Waals surface area contributed by atoms with Gasteiger partial charge in [0.05, 0.1) is 12.3 Å². The van der Waals surface area contributed by atoms with Gasteiger partial charge in [-0.15, -0.1) is 0 Å². The highest BCUT2D eigenvalue weighted by Gasteiger charge is 2.14. The first-order valence-electron chi connectivity index (χ1n) is 3.61. The molecule has 0 N–H and O–H groups in total. The van der Waals surface area contributed by atoms with Crippen LogP contribution in [0, 0.1) is 18.3 Å². The molecular weight excluding hydrogens is 154 g/mol. The van der Waals surface area contributed by atoms with Gasteiger partial charge in [-0.25, -0.2) is 0 Å². The number of aryl methyl sites for hydroxylation is 1. The van der Waals surface area contributed by atoms with Gasteiger partial charge in [-0.1, -0.05) is 0 Å². The van der Waals surface area contributed by atoms with Crippen LogP contribution in [0.5, 0.6) is 0 Å². The van der Waals surface area contributed by atoms with Gasteiger partial charge in [0, 0.05) is 25.4 Å². The summed E-state index contributed by atoms with van der Waals surface area (Å²) in [5.41, 5.74) is 1.80. The zero-order chi connectivity index (χ0) is 9.14. The Balaban J connectivity index is 3.03. The Bertz CT molecular complexity index is 311. The summed E-state index contributed by atoms with van der Waals surface area (Å²) < 4.78 is 6.69. The molecule has 1 rings (SSSR count). The number of ether oxygens (including phenoxy) is 1. The van der Waals surface area contributed by atoms with E-state index in [-0.39, 0.29) is 0 Å². The Morgan fingerprint density at radius 1 is 1.75 bits per heavy atom. The molecule has 0 aliphatic carbocycles. The molecule has 4 nitrogen and oxygen atoms in total. The van der Waals surface area contributed by atoms with E-state index in [9.17, 15) is 0 Å². The van der Waals surface area contributed by atoms with Gasteiger partial charge in [0.2, 0.25) is 0 Å². The molecule has 4 heteroatoms. The first kappa shape index (κ1) is 8.75. The summed E-state index contributed by atoms with van der Waals surface area (Å²) in [6.45, 7) is 1.91. The summed E-state index contributed by atoms with van der Waals surface area (Å²) in [5.74, 6) is 0. The lowest BCUT2D eigenvalue weighted by Gasteiger charge is -2.04. The Hall–Kier alpha value is -1.34. The Morgan fingerprint density at radius 3 is 2.75 bits per heavy atom. The zero-order valence-corrected chi connectivity index (χ0v) is 7.40. The van der Waals surface area contributed by atoms with E-state index >= 15 is 0 Å². The Kier molecular flexibility index (Phi) is 2.46. The molecule has 1 heterocycles. The average molecular weight is 165 g/mol. The van der Waals surface area contributed by atoms with Gasteiger partial charge in [0.25, 0.3) is 0 Å². The normalized spacial score (nSPS) is 12.5. The predicted molar refractivity (Wildman–Crippen MR) is 43.3 cm³/mol. The molecule has 12 heavy (non-hydrogen) atoms. The minimum absolute atomic E-state index is 0.501. The van der Waals surface area contributed by atoms with E-state index in [0.29, 0.717) is 0 Å². The van der Waals surface area contributed by atoms with Crippen LogP contribution in [0.4, 0.5) is 0 Å². The molecule has 0 amide bonds. The second-order valence-corrected chi connectivity index (χ2v) is 2.55. The summed E-state index contributed by atoms with van der Waals surface area (Å²) in [7, 11) is 3.35. The lowest BCUT2D eigenvalue weighted by Crippen LogP contribution is -2.00. The molecule has 1 atom stereocenters. The van der Waals surface area contributed by atoms with Crippen molar-refractivity contribution in [3.8, 4) is 6.07 Å².